The van der Waals surface area contributed by atoms with Crippen molar-refractivity contribution < 1.29 is 0 Å². The lowest BCUT2D eigenvalue weighted by molar-refractivity contribution is 0.741. The number of nitrogens with zero attached hydrogens (tertiary/aromatic N) is 5. The highest BCUT2D eigenvalue weighted by Crippen LogP contribution is 2.04. The second-order valence-electron chi connectivity index (χ2n) is 3.34. The Balaban J connectivity index is 1.84. The normalized spacial score (nSPS) is 10.3. The monoisotopic (exact) mass is 219 g/mol. The van der Waals surface area contributed by atoms with E-state index in [2.05, 4.69) is 25.4 Å². The molecule has 0 aliphatic heterocycles. The minimum Gasteiger partial charge on any atom is -0.384 e. The van der Waals surface area contributed by atoms with Gasteiger partial charge in [0, 0.05) is 26.1 Å². The lowest BCUT2D eigenvalue weighted by Gasteiger charge is -2.03. The maximum Gasteiger partial charge on any atom is 0.152 e. The van der Waals surface area contributed by atoms with Gasteiger partial charge in [0.2, 0.25) is 0 Å². The minimum atomic E-state index is 0.452. The van der Waals surface area contributed by atoms with Gasteiger partial charge in [-0.3, -0.25) is 4.68 Å². The Morgan fingerprint density at radius 1 is 1.38 bits per heavy atom. The zero-order chi connectivity index (χ0) is 11.4. The summed E-state index contributed by atoms with van der Waals surface area (Å²) in [5, 5.41) is 7.29. The molecule has 0 radical (unpaired) electrons. The topological polar surface area (TPSA) is 94.5 Å². The maximum absolute atomic E-state index is 5.53. The molecule has 2 rings (SSSR count). The Bertz CT molecular complexity index is 464. The maximum atomic E-state index is 5.53. The predicted molar refractivity (Wildman–Crippen MR) is 59.6 cm³/mol. The molecule has 2 heterocycles. The molecular weight excluding hydrogens is 206 g/mol. The average molecular weight is 219 g/mol. The Labute approximate surface area is 92.7 Å². The molecule has 0 saturated heterocycles. The van der Waals surface area contributed by atoms with Gasteiger partial charge < -0.3 is 11.1 Å². The Morgan fingerprint density at radius 3 is 2.94 bits per heavy atom. The molecule has 0 atom stereocenters. The van der Waals surface area contributed by atoms with Crippen molar-refractivity contribution in [2.24, 2.45) is 7.05 Å². The molecule has 0 bridgehead atoms. The van der Waals surface area contributed by atoms with Gasteiger partial charge in [-0.25, -0.2) is 15.0 Å². The van der Waals surface area contributed by atoms with Crippen molar-refractivity contribution in [3.63, 3.8) is 0 Å². The van der Waals surface area contributed by atoms with Crippen LogP contribution in [0.15, 0.2) is 18.7 Å². The SMILES string of the molecule is Cn1cnc(CCNc2cc(N)ncn2)n1. The van der Waals surface area contributed by atoms with E-state index in [0.29, 0.717) is 18.2 Å². The molecule has 0 amide bonds. The predicted octanol–water partition coefficient (Wildman–Crippen LogP) is -0.158. The Morgan fingerprint density at radius 2 is 2.25 bits per heavy atom. The van der Waals surface area contributed by atoms with Crippen LogP contribution < -0.4 is 11.1 Å². The largest absolute Gasteiger partial charge is 0.384 e. The highest BCUT2D eigenvalue weighted by atomic mass is 15.3. The number of aryl methyl sites for hydroxylation is 1. The number of nitrogens with two attached hydrogens (primary N) is 1. The van der Waals surface area contributed by atoms with E-state index in [1.165, 1.54) is 6.33 Å². The first-order chi connectivity index (χ1) is 7.74. The van der Waals surface area contributed by atoms with Gasteiger partial charge in [0.15, 0.2) is 5.82 Å². The summed E-state index contributed by atoms with van der Waals surface area (Å²) in [5.41, 5.74) is 5.53. The molecule has 84 valence electrons. The average Bonchev–Trinajstić information content (AvgIpc) is 2.64. The molecule has 0 aliphatic rings. The van der Waals surface area contributed by atoms with Gasteiger partial charge in [-0.15, -0.1) is 0 Å². The van der Waals surface area contributed by atoms with Gasteiger partial charge in [0.1, 0.15) is 24.3 Å². The van der Waals surface area contributed by atoms with Gasteiger partial charge >= 0.3 is 0 Å². The fourth-order valence-electron chi connectivity index (χ4n) is 1.27. The zero-order valence-corrected chi connectivity index (χ0v) is 8.96. The number of hydrogen-bond donors (Lipinski definition) is 2. The van der Waals surface area contributed by atoms with E-state index in [-0.39, 0.29) is 0 Å². The van der Waals surface area contributed by atoms with Gasteiger partial charge in [0.25, 0.3) is 0 Å². The molecule has 0 aliphatic carbocycles. The van der Waals surface area contributed by atoms with Crippen molar-refractivity contribution in [1.29, 1.82) is 0 Å². The summed E-state index contributed by atoms with van der Waals surface area (Å²) in [6, 6.07) is 1.69. The molecule has 7 nitrogen and oxygen atoms in total. The van der Waals surface area contributed by atoms with Crippen molar-refractivity contribution in [2.45, 2.75) is 6.42 Å². The molecule has 2 aromatic rings. The summed E-state index contributed by atoms with van der Waals surface area (Å²) < 4.78 is 1.68. The summed E-state index contributed by atoms with van der Waals surface area (Å²) in [6.07, 6.45) is 3.85. The molecule has 7 heteroatoms. The first kappa shape index (κ1) is 10.3. The van der Waals surface area contributed by atoms with Crippen molar-refractivity contribution in [1.82, 2.24) is 24.7 Å². The quantitative estimate of drug-likeness (QED) is 0.742. The molecule has 2 aromatic heterocycles. The summed E-state index contributed by atoms with van der Waals surface area (Å²) in [6.45, 7) is 0.709. The number of nitrogens with one attached hydrogen (secondary N) is 1. The standard InChI is InChI=1S/C9H13N7/c1-16-6-14-8(15-16)2-3-11-9-4-7(10)12-5-13-9/h4-6H,2-3H2,1H3,(H3,10,11,12,13). The van der Waals surface area contributed by atoms with E-state index in [1.54, 1.807) is 17.1 Å². The second-order valence-corrected chi connectivity index (χ2v) is 3.34. The third kappa shape index (κ3) is 2.66. The minimum absolute atomic E-state index is 0.452. The van der Waals surface area contributed by atoms with E-state index < -0.39 is 0 Å². The van der Waals surface area contributed by atoms with Crippen LogP contribution in [0.5, 0.6) is 0 Å². The first-order valence-corrected chi connectivity index (χ1v) is 4.90. The van der Waals surface area contributed by atoms with Crippen LogP contribution in [-0.2, 0) is 13.5 Å². The fraction of sp³-hybridized carbons (Fsp3) is 0.333. The number of anilines is 2. The molecule has 3 N–H and O–H groups in total. The van der Waals surface area contributed by atoms with E-state index in [4.69, 9.17) is 5.73 Å². The van der Waals surface area contributed by atoms with Crippen LogP contribution in [0, 0.1) is 0 Å². The Hall–Kier alpha value is -2.18. The van der Waals surface area contributed by atoms with Crippen molar-refractivity contribution >= 4 is 11.6 Å². The van der Waals surface area contributed by atoms with Crippen molar-refractivity contribution in [3.05, 3.63) is 24.5 Å². The van der Waals surface area contributed by atoms with Gasteiger partial charge in [-0.05, 0) is 0 Å². The number of hydrogen-bond acceptors (Lipinski definition) is 6. The third-order valence-electron chi connectivity index (χ3n) is 1.99. The van der Waals surface area contributed by atoms with Crippen LogP contribution in [0.2, 0.25) is 0 Å². The molecule has 0 aromatic carbocycles. The summed E-state index contributed by atoms with van der Waals surface area (Å²) >= 11 is 0. The van der Waals surface area contributed by atoms with E-state index in [0.717, 1.165) is 12.2 Å². The van der Waals surface area contributed by atoms with Crippen LogP contribution in [0.4, 0.5) is 11.6 Å². The smallest absolute Gasteiger partial charge is 0.152 e. The zero-order valence-electron chi connectivity index (χ0n) is 8.96. The Kier molecular flexibility index (Phi) is 2.95. The molecule has 0 spiro atoms. The number of nitrogen functional groups attached to an aromatic ring is 1. The van der Waals surface area contributed by atoms with E-state index >= 15 is 0 Å². The van der Waals surface area contributed by atoms with Crippen LogP contribution in [0.1, 0.15) is 5.82 Å². The van der Waals surface area contributed by atoms with E-state index in [9.17, 15) is 0 Å². The highest BCUT2D eigenvalue weighted by molar-refractivity contribution is 5.43. The second kappa shape index (κ2) is 4.56. The summed E-state index contributed by atoms with van der Waals surface area (Å²) in [4.78, 5) is 12.0. The lowest BCUT2D eigenvalue weighted by Crippen LogP contribution is -2.08. The molecule has 0 fully saturated rings. The lowest BCUT2D eigenvalue weighted by atomic mass is 10.4. The van der Waals surface area contributed by atoms with Crippen molar-refractivity contribution in [2.75, 3.05) is 17.6 Å². The van der Waals surface area contributed by atoms with Gasteiger partial charge in [0.05, 0.1) is 0 Å². The van der Waals surface area contributed by atoms with Gasteiger partial charge in [-0.1, -0.05) is 0 Å². The van der Waals surface area contributed by atoms with Crippen LogP contribution in [-0.4, -0.2) is 31.3 Å². The van der Waals surface area contributed by atoms with Crippen LogP contribution in [0.25, 0.3) is 0 Å². The highest BCUT2D eigenvalue weighted by Gasteiger charge is 1.99. The molecule has 0 saturated carbocycles. The van der Waals surface area contributed by atoms with Crippen LogP contribution >= 0.6 is 0 Å². The van der Waals surface area contributed by atoms with E-state index in [1.807, 2.05) is 7.05 Å². The molecular formula is C9H13N7. The number of aromatic nitrogens is 5. The summed E-state index contributed by atoms with van der Waals surface area (Å²) in [5.74, 6) is 1.97. The van der Waals surface area contributed by atoms with Gasteiger partial charge in [-0.2, -0.15) is 5.10 Å². The number of rotatable bonds is 4. The molecule has 0 unspecified atom stereocenters. The van der Waals surface area contributed by atoms with Crippen LogP contribution in [0.3, 0.4) is 0 Å². The first-order valence-electron chi connectivity index (χ1n) is 4.90. The van der Waals surface area contributed by atoms with Crippen molar-refractivity contribution in [3.8, 4) is 0 Å². The fourth-order valence-corrected chi connectivity index (χ4v) is 1.27. The molecule has 16 heavy (non-hydrogen) atoms. The summed E-state index contributed by atoms with van der Waals surface area (Å²) in [7, 11) is 1.84. The third-order valence-corrected chi connectivity index (χ3v) is 1.99.